The minimum atomic E-state index is 0.555. The van der Waals surface area contributed by atoms with Gasteiger partial charge in [0.15, 0.2) is 0 Å². The number of nitrogens with zero attached hydrogens (tertiary/aromatic N) is 1. The summed E-state index contributed by atoms with van der Waals surface area (Å²) in [7, 11) is 2.06. The van der Waals surface area contributed by atoms with Crippen molar-refractivity contribution in [2.45, 2.75) is 39.7 Å². The third kappa shape index (κ3) is 2.44. The lowest BCUT2D eigenvalue weighted by Crippen LogP contribution is -2.37. The Hall–Kier alpha value is -0.0800. The Morgan fingerprint density at radius 1 is 1.46 bits per heavy atom. The second-order valence-electron chi connectivity index (χ2n) is 4.70. The van der Waals surface area contributed by atoms with Gasteiger partial charge in [0.2, 0.25) is 0 Å². The summed E-state index contributed by atoms with van der Waals surface area (Å²) in [5, 5.41) is 3.33. The Kier molecular flexibility index (Phi) is 3.74. The molecule has 0 aromatic carbocycles. The molecule has 0 radical (unpaired) electrons. The Morgan fingerprint density at radius 2 is 2.15 bits per heavy atom. The Balaban J connectivity index is 2.52. The van der Waals surface area contributed by atoms with E-state index in [-0.39, 0.29) is 0 Å². The van der Waals surface area contributed by atoms with Crippen molar-refractivity contribution in [3.8, 4) is 0 Å². The molecule has 1 atom stereocenters. The van der Waals surface area contributed by atoms with Crippen LogP contribution in [0, 0.1) is 5.41 Å². The maximum absolute atomic E-state index is 3.33. The van der Waals surface area contributed by atoms with Crippen LogP contribution in [0.5, 0.6) is 0 Å². The average Bonchev–Trinajstić information content (AvgIpc) is 2.51. The highest BCUT2D eigenvalue weighted by Crippen LogP contribution is 2.33. The molecule has 1 N–H and O–H groups in total. The van der Waals surface area contributed by atoms with Gasteiger partial charge >= 0.3 is 0 Å². The number of rotatable bonds is 4. The minimum absolute atomic E-state index is 0.555. The lowest BCUT2D eigenvalue weighted by Gasteiger charge is -2.29. The Labute approximate surface area is 82.7 Å². The molecule has 0 saturated carbocycles. The van der Waals surface area contributed by atoms with E-state index in [1.54, 1.807) is 0 Å². The van der Waals surface area contributed by atoms with Crippen molar-refractivity contribution in [3.05, 3.63) is 0 Å². The predicted molar refractivity (Wildman–Crippen MR) is 58.0 cm³/mol. The van der Waals surface area contributed by atoms with Gasteiger partial charge in [-0.1, -0.05) is 6.92 Å². The highest BCUT2D eigenvalue weighted by Gasteiger charge is 2.36. The number of hydrogen-bond acceptors (Lipinski definition) is 2. The summed E-state index contributed by atoms with van der Waals surface area (Å²) in [6, 6.07) is 0.713. The second kappa shape index (κ2) is 4.43. The van der Waals surface area contributed by atoms with E-state index in [1.165, 1.54) is 32.5 Å². The molecule has 1 aliphatic rings. The van der Waals surface area contributed by atoms with E-state index in [4.69, 9.17) is 0 Å². The van der Waals surface area contributed by atoms with Gasteiger partial charge in [-0.25, -0.2) is 0 Å². The molecule has 0 bridgehead atoms. The second-order valence-corrected chi connectivity index (χ2v) is 4.70. The van der Waals surface area contributed by atoms with Crippen LogP contribution in [-0.2, 0) is 0 Å². The summed E-state index contributed by atoms with van der Waals surface area (Å²) in [5.41, 5.74) is 0.555. The van der Waals surface area contributed by atoms with Crippen LogP contribution in [0.15, 0.2) is 0 Å². The normalized spacial score (nSPS) is 30.2. The van der Waals surface area contributed by atoms with Crippen molar-refractivity contribution in [3.63, 3.8) is 0 Å². The predicted octanol–water partition coefficient (Wildman–Crippen LogP) is 1.72. The first-order valence-corrected chi connectivity index (χ1v) is 5.52. The zero-order valence-electron chi connectivity index (χ0n) is 9.56. The maximum atomic E-state index is 3.33. The molecule has 2 heteroatoms. The Morgan fingerprint density at radius 3 is 2.54 bits per heavy atom. The van der Waals surface area contributed by atoms with Gasteiger partial charge in [0.25, 0.3) is 0 Å². The van der Waals surface area contributed by atoms with E-state index in [0.717, 1.165) is 0 Å². The van der Waals surface area contributed by atoms with Crippen LogP contribution in [0.2, 0.25) is 0 Å². The van der Waals surface area contributed by atoms with Gasteiger partial charge in [-0.05, 0) is 45.7 Å². The van der Waals surface area contributed by atoms with E-state index in [1.807, 2.05) is 0 Å². The smallest absolute Gasteiger partial charge is 0.00532 e. The largest absolute Gasteiger partial charge is 0.319 e. The van der Waals surface area contributed by atoms with Crippen LogP contribution in [0.4, 0.5) is 0 Å². The lowest BCUT2D eigenvalue weighted by atomic mass is 9.84. The van der Waals surface area contributed by atoms with Crippen molar-refractivity contribution >= 4 is 0 Å². The minimum Gasteiger partial charge on any atom is -0.319 e. The highest BCUT2D eigenvalue weighted by molar-refractivity contribution is 4.91. The van der Waals surface area contributed by atoms with Crippen LogP contribution >= 0.6 is 0 Å². The number of nitrogens with one attached hydrogen (secondary N) is 1. The van der Waals surface area contributed by atoms with E-state index in [9.17, 15) is 0 Å². The highest BCUT2D eigenvalue weighted by atomic mass is 15.2. The van der Waals surface area contributed by atoms with E-state index >= 15 is 0 Å². The molecule has 1 rings (SSSR count). The molecule has 13 heavy (non-hydrogen) atoms. The Bertz CT molecular complexity index is 156. The molecule has 0 aromatic heterocycles. The molecule has 1 heterocycles. The van der Waals surface area contributed by atoms with Gasteiger partial charge in [-0.3, -0.25) is 0 Å². The molecule has 0 spiro atoms. The fraction of sp³-hybridized carbons (Fsp3) is 1.00. The van der Waals surface area contributed by atoms with Crippen LogP contribution in [0.3, 0.4) is 0 Å². The zero-order valence-corrected chi connectivity index (χ0v) is 9.56. The monoisotopic (exact) mass is 184 g/mol. The molecule has 1 aliphatic heterocycles. The first-order valence-electron chi connectivity index (χ1n) is 5.52. The van der Waals surface area contributed by atoms with Gasteiger partial charge in [0.1, 0.15) is 0 Å². The van der Waals surface area contributed by atoms with Crippen molar-refractivity contribution in [2.24, 2.45) is 5.41 Å². The van der Waals surface area contributed by atoms with Crippen molar-refractivity contribution in [2.75, 3.05) is 26.7 Å². The fourth-order valence-electron chi connectivity index (χ4n) is 2.34. The molecule has 78 valence electrons. The third-order valence-corrected chi connectivity index (χ3v) is 3.50. The number of hydrogen-bond donors (Lipinski definition) is 1. The molecular weight excluding hydrogens is 160 g/mol. The molecule has 1 fully saturated rings. The van der Waals surface area contributed by atoms with Gasteiger partial charge < -0.3 is 10.2 Å². The molecule has 1 saturated heterocycles. The van der Waals surface area contributed by atoms with Crippen LogP contribution in [0.1, 0.15) is 33.6 Å². The van der Waals surface area contributed by atoms with E-state index < -0.39 is 0 Å². The molecule has 0 amide bonds. The molecule has 2 nitrogen and oxygen atoms in total. The van der Waals surface area contributed by atoms with Crippen LogP contribution in [0.25, 0.3) is 0 Å². The summed E-state index contributed by atoms with van der Waals surface area (Å²) >= 11 is 0. The number of likely N-dealkylation sites (tertiary alicyclic amines) is 1. The van der Waals surface area contributed by atoms with Gasteiger partial charge in [0, 0.05) is 19.1 Å². The zero-order chi connectivity index (χ0) is 9.90. The maximum Gasteiger partial charge on any atom is 0.00532 e. The standard InChI is InChI=1S/C11H24N2/c1-5-11(8-12-4)6-7-13(9-11)10(2)3/h10,12H,5-9H2,1-4H3. The molecule has 0 aliphatic carbocycles. The summed E-state index contributed by atoms with van der Waals surface area (Å²) in [4.78, 5) is 2.60. The van der Waals surface area contributed by atoms with Gasteiger partial charge in [-0.2, -0.15) is 0 Å². The first-order chi connectivity index (χ1) is 6.13. The van der Waals surface area contributed by atoms with Crippen molar-refractivity contribution < 1.29 is 0 Å². The topological polar surface area (TPSA) is 15.3 Å². The van der Waals surface area contributed by atoms with Crippen molar-refractivity contribution in [1.82, 2.24) is 10.2 Å². The summed E-state index contributed by atoms with van der Waals surface area (Å²) in [5.74, 6) is 0. The molecular formula is C11H24N2. The molecule has 0 aromatic rings. The quantitative estimate of drug-likeness (QED) is 0.715. The lowest BCUT2D eigenvalue weighted by molar-refractivity contribution is 0.214. The van der Waals surface area contributed by atoms with Crippen molar-refractivity contribution in [1.29, 1.82) is 0 Å². The van der Waals surface area contributed by atoms with Gasteiger partial charge in [-0.15, -0.1) is 0 Å². The first kappa shape index (κ1) is 11.0. The summed E-state index contributed by atoms with van der Waals surface area (Å²) in [6.45, 7) is 10.7. The average molecular weight is 184 g/mol. The van der Waals surface area contributed by atoms with Gasteiger partial charge in [0.05, 0.1) is 0 Å². The SMILES string of the molecule is CCC1(CNC)CCN(C(C)C)C1. The third-order valence-electron chi connectivity index (χ3n) is 3.50. The summed E-state index contributed by atoms with van der Waals surface area (Å²) < 4.78 is 0. The fourth-order valence-corrected chi connectivity index (χ4v) is 2.34. The van der Waals surface area contributed by atoms with E-state index in [2.05, 4.69) is 38.0 Å². The van der Waals surface area contributed by atoms with E-state index in [0.29, 0.717) is 11.5 Å². The molecule has 1 unspecified atom stereocenters. The van der Waals surface area contributed by atoms with Crippen LogP contribution in [-0.4, -0.2) is 37.6 Å². The van der Waals surface area contributed by atoms with Crippen LogP contribution < -0.4 is 5.32 Å². The summed E-state index contributed by atoms with van der Waals surface area (Å²) in [6.07, 6.45) is 2.67.